The van der Waals surface area contributed by atoms with E-state index in [9.17, 15) is 4.79 Å². The Morgan fingerprint density at radius 3 is 2.50 bits per heavy atom. The first kappa shape index (κ1) is 9.04. The second kappa shape index (κ2) is 3.57. The molecule has 0 radical (unpaired) electrons. The molecule has 1 aliphatic rings. The summed E-state index contributed by atoms with van der Waals surface area (Å²) in [5, 5.41) is 0. The van der Waals surface area contributed by atoms with E-state index >= 15 is 0 Å². The van der Waals surface area contributed by atoms with Crippen LogP contribution in [0.2, 0.25) is 0 Å². The summed E-state index contributed by atoms with van der Waals surface area (Å²) in [4.78, 5) is 12.7. The van der Waals surface area contributed by atoms with Crippen LogP contribution in [-0.4, -0.2) is 17.9 Å². The minimum atomic E-state index is 0.106. The fraction of sp³-hybridized carbons (Fsp3) is 0.500. The van der Waals surface area contributed by atoms with Gasteiger partial charge < -0.3 is 4.90 Å². The van der Waals surface area contributed by atoms with Crippen molar-refractivity contribution in [2.45, 2.75) is 26.7 Å². The molecule has 0 saturated carbocycles. The molecule has 0 atom stereocenters. The summed E-state index contributed by atoms with van der Waals surface area (Å²) in [5.41, 5.74) is 2.50. The molecule has 0 N–H and O–H groups in total. The van der Waals surface area contributed by atoms with Gasteiger partial charge in [-0.25, -0.2) is 0 Å². The average molecular weight is 165 g/mol. The van der Waals surface area contributed by atoms with Crippen LogP contribution in [0.5, 0.6) is 0 Å². The van der Waals surface area contributed by atoms with Crippen molar-refractivity contribution >= 4 is 5.91 Å². The lowest BCUT2D eigenvalue weighted by atomic mass is 10.0. The molecule has 0 unspecified atom stereocenters. The molecule has 2 nitrogen and oxygen atoms in total. The lowest BCUT2D eigenvalue weighted by Gasteiger charge is -2.21. The van der Waals surface area contributed by atoms with Gasteiger partial charge in [0.05, 0.1) is 0 Å². The van der Waals surface area contributed by atoms with Crippen molar-refractivity contribution in [2.75, 3.05) is 7.05 Å². The van der Waals surface area contributed by atoms with Crippen LogP contribution in [-0.2, 0) is 4.79 Å². The lowest BCUT2D eigenvalue weighted by Crippen LogP contribution is -2.23. The molecule has 0 aromatic carbocycles. The summed E-state index contributed by atoms with van der Waals surface area (Å²) < 4.78 is 0. The number of hydrogen-bond donors (Lipinski definition) is 0. The van der Waals surface area contributed by atoms with Gasteiger partial charge in [0.25, 0.3) is 0 Å². The zero-order chi connectivity index (χ0) is 9.14. The second-order valence-electron chi connectivity index (χ2n) is 3.25. The van der Waals surface area contributed by atoms with Gasteiger partial charge in [0.1, 0.15) is 0 Å². The molecular formula is C10H15NO. The first-order valence-corrected chi connectivity index (χ1v) is 4.22. The van der Waals surface area contributed by atoms with E-state index in [0.717, 1.165) is 18.5 Å². The van der Waals surface area contributed by atoms with Crippen LogP contribution in [0.4, 0.5) is 0 Å². The normalized spacial score (nSPS) is 16.6. The standard InChI is InChI=1S/C10H15NO/c1-8-4-6-10(7-5-8)11(3)9(2)12/h4,6H,5,7H2,1-3H3. The number of amides is 1. The quantitative estimate of drug-likeness (QED) is 0.582. The van der Waals surface area contributed by atoms with Gasteiger partial charge in [-0.3, -0.25) is 4.79 Å². The molecule has 0 saturated heterocycles. The molecule has 0 aromatic heterocycles. The van der Waals surface area contributed by atoms with Crippen LogP contribution in [0.15, 0.2) is 23.4 Å². The van der Waals surface area contributed by atoms with Gasteiger partial charge in [-0.05, 0) is 25.8 Å². The van der Waals surface area contributed by atoms with Crippen LogP contribution in [0, 0.1) is 0 Å². The lowest BCUT2D eigenvalue weighted by molar-refractivity contribution is -0.125. The van der Waals surface area contributed by atoms with Gasteiger partial charge in [0.15, 0.2) is 0 Å². The highest BCUT2D eigenvalue weighted by atomic mass is 16.2. The smallest absolute Gasteiger partial charge is 0.223 e. The average Bonchev–Trinajstić information content (AvgIpc) is 2.04. The third kappa shape index (κ3) is 1.97. The van der Waals surface area contributed by atoms with Gasteiger partial charge in [-0.1, -0.05) is 11.6 Å². The van der Waals surface area contributed by atoms with Crippen molar-refractivity contribution in [1.29, 1.82) is 0 Å². The third-order valence-electron chi connectivity index (χ3n) is 2.24. The molecule has 1 amide bonds. The fourth-order valence-electron chi connectivity index (χ4n) is 1.21. The summed E-state index contributed by atoms with van der Waals surface area (Å²) in [5.74, 6) is 0.106. The molecule has 0 spiro atoms. The van der Waals surface area contributed by atoms with Crippen LogP contribution < -0.4 is 0 Å². The van der Waals surface area contributed by atoms with Crippen LogP contribution in [0.1, 0.15) is 26.7 Å². The number of allylic oxidation sites excluding steroid dienone is 4. The summed E-state index contributed by atoms with van der Waals surface area (Å²) in [6, 6.07) is 0. The van der Waals surface area contributed by atoms with Crippen molar-refractivity contribution in [3.05, 3.63) is 23.4 Å². The number of hydrogen-bond acceptors (Lipinski definition) is 1. The Kier molecular flexibility index (Phi) is 2.69. The third-order valence-corrected chi connectivity index (χ3v) is 2.24. The van der Waals surface area contributed by atoms with E-state index in [1.165, 1.54) is 5.57 Å². The Labute approximate surface area is 73.6 Å². The summed E-state index contributed by atoms with van der Waals surface area (Å²) in [7, 11) is 1.82. The van der Waals surface area contributed by atoms with Gasteiger partial charge in [0.2, 0.25) is 5.91 Å². The van der Waals surface area contributed by atoms with Gasteiger partial charge >= 0.3 is 0 Å². The molecule has 66 valence electrons. The zero-order valence-electron chi connectivity index (χ0n) is 7.92. The minimum Gasteiger partial charge on any atom is -0.320 e. The summed E-state index contributed by atoms with van der Waals surface area (Å²) in [6.45, 7) is 3.70. The monoisotopic (exact) mass is 165 g/mol. The van der Waals surface area contributed by atoms with E-state index in [1.54, 1.807) is 11.8 Å². The Bertz CT molecular complexity index is 251. The van der Waals surface area contributed by atoms with E-state index in [1.807, 2.05) is 13.1 Å². The molecule has 1 aliphatic carbocycles. The first-order valence-electron chi connectivity index (χ1n) is 4.22. The molecular weight excluding hydrogens is 150 g/mol. The molecule has 12 heavy (non-hydrogen) atoms. The van der Waals surface area contributed by atoms with E-state index in [-0.39, 0.29) is 5.91 Å². The number of carbonyl (C=O) groups excluding carboxylic acids is 1. The van der Waals surface area contributed by atoms with E-state index in [4.69, 9.17) is 0 Å². The highest BCUT2D eigenvalue weighted by Crippen LogP contribution is 2.19. The van der Waals surface area contributed by atoms with Gasteiger partial charge in [-0.2, -0.15) is 0 Å². The zero-order valence-corrected chi connectivity index (χ0v) is 7.92. The predicted molar refractivity (Wildman–Crippen MR) is 49.5 cm³/mol. The highest BCUT2D eigenvalue weighted by Gasteiger charge is 2.10. The second-order valence-corrected chi connectivity index (χ2v) is 3.25. The maximum absolute atomic E-state index is 11.0. The Balaban J connectivity index is 2.71. The molecule has 1 rings (SSSR count). The van der Waals surface area contributed by atoms with Crippen LogP contribution in [0.3, 0.4) is 0 Å². The van der Waals surface area contributed by atoms with Crippen molar-refractivity contribution in [3.8, 4) is 0 Å². The largest absolute Gasteiger partial charge is 0.320 e. The minimum absolute atomic E-state index is 0.106. The fourth-order valence-corrected chi connectivity index (χ4v) is 1.21. The first-order chi connectivity index (χ1) is 5.61. The SMILES string of the molecule is CC(=O)N(C)C1=CC=C(C)CC1. The number of nitrogens with zero attached hydrogens (tertiary/aromatic N) is 1. The Hall–Kier alpha value is -1.05. The molecule has 0 bridgehead atoms. The molecule has 2 heteroatoms. The molecule has 0 aliphatic heterocycles. The maximum atomic E-state index is 11.0. The van der Waals surface area contributed by atoms with E-state index < -0.39 is 0 Å². The number of carbonyl (C=O) groups is 1. The molecule has 0 fully saturated rings. The Morgan fingerprint density at radius 2 is 2.08 bits per heavy atom. The topological polar surface area (TPSA) is 20.3 Å². The van der Waals surface area contributed by atoms with Crippen molar-refractivity contribution in [3.63, 3.8) is 0 Å². The van der Waals surface area contributed by atoms with Crippen LogP contribution >= 0.6 is 0 Å². The van der Waals surface area contributed by atoms with Gasteiger partial charge in [0, 0.05) is 19.7 Å². The van der Waals surface area contributed by atoms with Crippen LogP contribution in [0.25, 0.3) is 0 Å². The van der Waals surface area contributed by atoms with E-state index in [0.29, 0.717) is 0 Å². The van der Waals surface area contributed by atoms with Crippen molar-refractivity contribution in [2.24, 2.45) is 0 Å². The summed E-state index contributed by atoms with van der Waals surface area (Å²) in [6.07, 6.45) is 6.17. The van der Waals surface area contributed by atoms with Gasteiger partial charge in [-0.15, -0.1) is 0 Å². The Morgan fingerprint density at radius 1 is 1.42 bits per heavy atom. The number of rotatable bonds is 1. The van der Waals surface area contributed by atoms with Crippen molar-refractivity contribution < 1.29 is 4.79 Å². The van der Waals surface area contributed by atoms with E-state index in [2.05, 4.69) is 13.0 Å². The molecule has 0 heterocycles. The molecule has 0 aromatic rings. The summed E-state index contributed by atoms with van der Waals surface area (Å²) >= 11 is 0. The highest BCUT2D eigenvalue weighted by molar-refractivity contribution is 5.75. The predicted octanol–water partition coefficient (Wildman–Crippen LogP) is 2.09. The maximum Gasteiger partial charge on any atom is 0.223 e. The van der Waals surface area contributed by atoms with Crippen molar-refractivity contribution in [1.82, 2.24) is 4.90 Å².